The van der Waals surface area contributed by atoms with Crippen LogP contribution in [0.3, 0.4) is 0 Å². The summed E-state index contributed by atoms with van der Waals surface area (Å²) in [7, 11) is 1.65. The van der Waals surface area contributed by atoms with Gasteiger partial charge in [-0.3, -0.25) is 9.69 Å². The van der Waals surface area contributed by atoms with Gasteiger partial charge in [0.15, 0.2) is 11.5 Å². The summed E-state index contributed by atoms with van der Waals surface area (Å²) in [5.74, 6) is 1.84. The molecule has 2 aromatic carbocycles. The molecule has 0 aliphatic carbocycles. The number of carbonyl (C=O) groups is 1. The molecule has 148 valence electrons. The van der Waals surface area contributed by atoms with Crippen LogP contribution < -0.4 is 14.8 Å². The molecule has 0 spiro atoms. The highest BCUT2D eigenvalue weighted by atomic mass is 16.5. The molecule has 28 heavy (non-hydrogen) atoms. The van der Waals surface area contributed by atoms with E-state index >= 15 is 0 Å². The normalized spacial score (nSPS) is 19.0. The second kappa shape index (κ2) is 8.65. The molecule has 0 bridgehead atoms. The SMILES string of the molecule is COc1cccc2c1OC[C@H](CNC(=O)c1ccc(CN3CCCC3)cc1)C2. The molecular weight excluding hydrogens is 352 g/mol. The van der Waals surface area contributed by atoms with Crippen molar-refractivity contribution >= 4 is 5.91 Å². The van der Waals surface area contributed by atoms with E-state index in [-0.39, 0.29) is 11.8 Å². The number of benzene rings is 2. The van der Waals surface area contributed by atoms with E-state index in [2.05, 4.69) is 28.4 Å². The van der Waals surface area contributed by atoms with Crippen LogP contribution in [-0.2, 0) is 13.0 Å². The van der Waals surface area contributed by atoms with Crippen LogP contribution in [0.15, 0.2) is 42.5 Å². The molecule has 0 unspecified atom stereocenters. The minimum Gasteiger partial charge on any atom is -0.493 e. The summed E-state index contributed by atoms with van der Waals surface area (Å²) in [5.41, 5.74) is 3.12. The third-order valence-electron chi connectivity index (χ3n) is 5.62. The molecule has 5 nitrogen and oxygen atoms in total. The van der Waals surface area contributed by atoms with E-state index in [0.717, 1.165) is 30.0 Å². The second-order valence-corrected chi connectivity index (χ2v) is 7.72. The maximum atomic E-state index is 12.5. The summed E-state index contributed by atoms with van der Waals surface area (Å²) in [6.45, 7) is 4.53. The quantitative estimate of drug-likeness (QED) is 0.836. The van der Waals surface area contributed by atoms with E-state index in [1.807, 2.05) is 24.3 Å². The minimum atomic E-state index is -0.0239. The maximum absolute atomic E-state index is 12.5. The van der Waals surface area contributed by atoms with E-state index in [4.69, 9.17) is 9.47 Å². The number of amides is 1. The molecular formula is C23H28N2O3. The summed E-state index contributed by atoms with van der Waals surface area (Å²) in [6.07, 6.45) is 3.47. The van der Waals surface area contributed by atoms with E-state index in [0.29, 0.717) is 18.7 Å². The van der Waals surface area contributed by atoms with Crippen molar-refractivity contribution < 1.29 is 14.3 Å². The molecule has 2 aromatic rings. The van der Waals surface area contributed by atoms with E-state index < -0.39 is 0 Å². The highest BCUT2D eigenvalue weighted by Crippen LogP contribution is 2.35. The zero-order valence-electron chi connectivity index (χ0n) is 16.4. The molecule has 1 amide bonds. The monoisotopic (exact) mass is 380 g/mol. The maximum Gasteiger partial charge on any atom is 0.251 e. The van der Waals surface area contributed by atoms with Crippen LogP contribution in [0.4, 0.5) is 0 Å². The Labute approximate surface area is 166 Å². The van der Waals surface area contributed by atoms with Crippen molar-refractivity contribution in [2.75, 3.05) is 33.4 Å². The molecule has 5 heteroatoms. The van der Waals surface area contributed by atoms with Gasteiger partial charge < -0.3 is 14.8 Å². The topological polar surface area (TPSA) is 50.8 Å². The van der Waals surface area contributed by atoms with Gasteiger partial charge in [0, 0.05) is 24.6 Å². The standard InChI is InChI=1S/C23H28N2O3/c1-27-21-6-4-5-20-13-18(16-28-22(20)21)14-24-23(26)19-9-7-17(8-10-19)15-25-11-2-3-12-25/h4-10,18H,2-3,11-16H2,1H3,(H,24,26)/t18-/m0/s1. The predicted octanol–water partition coefficient (Wildman–Crippen LogP) is 3.27. The van der Waals surface area contributed by atoms with Crippen LogP contribution in [0.25, 0.3) is 0 Å². The zero-order chi connectivity index (χ0) is 19.3. The Kier molecular flexibility index (Phi) is 5.81. The van der Waals surface area contributed by atoms with Crippen molar-refractivity contribution in [3.05, 3.63) is 59.2 Å². The highest BCUT2D eigenvalue weighted by molar-refractivity contribution is 5.94. The number of carbonyl (C=O) groups excluding carboxylic acids is 1. The molecule has 1 fully saturated rings. The number of nitrogens with one attached hydrogen (secondary N) is 1. The van der Waals surface area contributed by atoms with E-state index in [1.54, 1.807) is 7.11 Å². The zero-order valence-corrected chi connectivity index (χ0v) is 16.4. The minimum absolute atomic E-state index is 0.0239. The van der Waals surface area contributed by atoms with Crippen molar-refractivity contribution in [1.82, 2.24) is 10.2 Å². The average Bonchev–Trinajstić information content (AvgIpc) is 3.25. The number of hydrogen-bond donors (Lipinski definition) is 1. The largest absolute Gasteiger partial charge is 0.493 e. The molecule has 1 atom stereocenters. The fourth-order valence-corrected chi connectivity index (χ4v) is 4.05. The Morgan fingerprint density at radius 3 is 2.71 bits per heavy atom. The van der Waals surface area contributed by atoms with Crippen molar-refractivity contribution in [3.8, 4) is 11.5 Å². The van der Waals surface area contributed by atoms with Crippen LogP contribution in [0.1, 0.15) is 34.3 Å². The fourth-order valence-electron chi connectivity index (χ4n) is 4.05. The van der Waals surface area contributed by atoms with Gasteiger partial charge in [-0.2, -0.15) is 0 Å². The van der Waals surface area contributed by atoms with Crippen LogP contribution in [0.5, 0.6) is 11.5 Å². The average molecular weight is 380 g/mol. The molecule has 0 aromatic heterocycles. The van der Waals surface area contributed by atoms with Gasteiger partial charge in [0.25, 0.3) is 5.91 Å². The number of methoxy groups -OCH3 is 1. The van der Waals surface area contributed by atoms with Gasteiger partial charge in [0.1, 0.15) is 0 Å². The lowest BCUT2D eigenvalue weighted by atomic mass is 9.96. The van der Waals surface area contributed by atoms with Gasteiger partial charge in [-0.15, -0.1) is 0 Å². The number of fused-ring (bicyclic) bond motifs is 1. The lowest BCUT2D eigenvalue weighted by molar-refractivity contribution is 0.0938. The summed E-state index contributed by atoms with van der Waals surface area (Å²) in [5, 5.41) is 3.06. The Balaban J connectivity index is 1.29. The van der Waals surface area contributed by atoms with Crippen LogP contribution in [0.2, 0.25) is 0 Å². The van der Waals surface area contributed by atoms with Crippen molar-refractivity contribution in [3.63, 3.8) is 0 Å². The molecule has 4 rings (SSSR count). The summed E-state index contributed by atoms with van der Waals surface area (Å²) in [4.78, 5) is 15.0. The third kappa shape index (κ3) is 4.30. The van der Waals surface area contributed by atoms with Crippen molar-refractivity contribution in [2.45, 2.75) is 25.8 Å². The van der Waals surface area contributed by atoms with Crippen molar-refractivity contribution in [2.24, 2.45) is 5.92 Å². The number of hydrogen-bond acceptors (Lipinski definition) is 4. The number of ether oxygens (including phenoxy) is 2. The second-order valence-electron chi connectivity index (χ2n) is 7.72. The van der Waals surface area contributed by atoms with E-state index in [1.165, 1.54) is 31.5 Å². The Bertz CT molecular complexity index is 813. The number of para-hydroxylation sites is 1. The van der Waals surface area contributed by atoms with Gasteiger partial charge in [-0.05, 0) is 61.7 Å². The first kappa shape index (κ1) is 18.8. The van der Waals surface area contributed by atoms with Gasteiger partial charge in [0.05, 0.1) is 13.7 Å². The van der Waals surface area contributed by atoms with Crippen LogP contribution in [0, 0.1) is 5.92 Å². The molecule has 1 N–H and O–H groups in total. The lowest BCUT2D eigenvalue weighted by Gasteiger charge is -2.26. The fraction of sp³-hybridized carbons (Fsp3) is 0.435. The summed E-state index contributed by atoms with van der Waals surface area (Å²) in [6, 6.07) is 13.9. The van der Waals surface area contributed by atoms with Gasteiger partial charge >= 0.3 is 0 Å². The van der Waals surface area contributed by atoms with E-state index in [9.17, 15) is 4.79 Å². The Morgan fingerprint density at radius 1 is 1.18 bits per heavy atom. The lowest BCUT2D eigenvalue weighted by Crippen LogP contribution is -2.34. The molecule has 2 heterocycles. The smallest absolute Gasteiger partial charge is 0.251 e. The number of rotatable bonds is 6. The Morgan fingerprint density at radius 2 is 1.96 bits per heavy atom. The number of nitrogens with zero attached hydrogens (tertiary/aromatic N) is 1. The van der Waals surface area contributed by atoms with Gasteiger partial charge in [-0.25, -0.2) is 0 Å². The molecule has 2 aliphatic rings. The first-order valence-electron chi connectivity index (χ1n) is 10.1. The van der Waals surface area contributed by atoms with Crippen molar-refractivity contribution in [1.29, 1.82) is 0 Å². The first-order chi connectivity index (χ1) is 13.7. The third-order valence-corrected chi connectivity index (χ3v) is 5.62. The first-order valence-corrected chi connectivity index (χ1v) is 10.1. The molecule has 2 aliphatic heterocycles. The predicted molar refractivity (Wildman–Crippen MR) is 109 cm³/mol. The van der Waals surface area contributed by atoms with Crippen LogP contribution in [-0.4, -0.2) is 44.2 Å². The number of likely N-dealkylation sites (tertiary alicyclic amines) is 1. The summed E-state index contributed by atoms with van der Waals surface area (Å²) >= 11 is 0. The highest BCUT2D eigenvalue weighted by Gasteiger charge is 2.23. The van der Waals surface area contributed by atoms with Gasteiger partial charge in [-0.1, -0.05) is 24.3 Å². The summed E-state index contributed by atoms with van der Waals surface area (Å²) < 4.78 is 11.3. The Hall–Kier alpha value is -2.53. The molecule has 0 saturated carbocycles. The van der Waals surface area contributed by atoms with Gasteiger partial charge in [0.2, 0.25) is 0 Å². The molecule has 1 saturated heterocycles. The van der Waals surface area contributed by atoms with Crippen LogP contribution >= 0.6 is 0 Å². The molecule has 0 radical (unpaired) electrons.